The first-order valence-electron chi connectivity index (χ1n) is 10.5. The van der Waals surface area contributed by atoms with Crippen LogP contribution in [0.3, 0.4) is 0 Å². The summed E-state index contributed by atoms with van der Waals surface area (Å²) >= 11 is 0. The van der Waals surface area contributed by atoms with Crippen molar-refractivity contribution in [3.05, 3.63) is 0 Å². The quantitative estimate of drug-likeness (QED) is 0.279. The summed E-state index contributed by atoms with van der Waals surface area (Å²) in [5.41, 5.74) is 0. The molecule has 168 valence electrons. The Hall–Kier alpha value is 4.10. The van der Waals surface area contributed by atoms with Gasteiger partial charge in [-0.1, -0.05) is 118 Å². The zero-order valence-corrected chi connectivity index (χ0v) is 38.8. The van der Waals surface area contributed by atoms with Gasteiger partial charge in [-0.15, -0.1) is 0 Å². The molecule has 0 nitrogen and oxygen atoms in total. The first kappa shape index (κ1) is 43.2. The van der Waals surface area contributed by atoms with Crippen molar-refractivity contribution in [1.82, 2.24) is 0 Å². The summed E-state index contributed by atoms with van der Waals surface area (Å²) in [4.78, 5) is 0. The molecule has 0 unspecified atom stereocenters. The van der Waals surface area contributed by atoms with Crippen molar-refractivity contribution in [3.8, 4) is 0 Å². The Bertz CT molecular complexity index is 327. The topological polar surface area (TPSA) is 0 Å². The normalized spacial score (nSPS) is 13.7. The van der Waals surface area contributed by atoms with Gasteiger partial charge >= 0.3 is 0 Å². The molecular formula is C18H54MgSi8Sn2. The molecule has 0 N–H and O–H groups in total. The van der Waals surface area contributed by atoms with E-state index in [-0.39, 0.29) is 85.6 Å². The Kier molecular flexibility index (Phi) is 21.8. The largest absolute Gasteiger partial charge is 0.0721 e. The molecule has 0 saturated heterocycles. The summed E-state index contributed by atoms with van der Waals surface area (Å²) in [6.07, 6.45) is 0. The first-order chi connectivity index (χ1) is 10.7. The van der Waals surface area contributed by atoms with Crippen LogP contribution in [0.5, 0.6) is 0 Å². The second kappa shape index (κ2) is 14.6. The van der Waals surface area contributed by atoms with Crippen molar-refractivity contribution >= 4 is 131 Å². The summed E-state index contributed by atoms with van der Waals surface area (Å²) in [6, 6.07) is 0. The fourth-order valence-corrected chi connectivity index (χ4v) is 182. The molecule has 0 aliphatic heterocycles. The van der Waals surface area contributed by atoms with Crippen molar-refractivity contribution in [2.45, 2.75) is 118 Å². The monoisotopic (exact) mass is 758 g/mol. The molecule has 0 bridgehead atoms. The van der Waals surface area contributed by atoms with E-state index >= 15 is 0 Å². The molecule has 0 aliphatic rings. The fourth-order valence-electron chi connectivity index (χ4n) is 6.75. The third-order valence-electron chi connectivity index (χ3n) is 4.50. The summed E-state index contributed by atoms with van der Waals surface area (Å²) in [5, 5.41) is 0. The zero-order chi connectivity index (χ0) is 22.2. The number of hydrogen-bond donors (Lipinski definition) is 0. The summed E-state index contributed by atoms with van der Waals surface area (Å²) in [5.74, 6) is 0. The number of rotatable bonds is 6. The van der Waals surface area contributed by atoms with Gasteiger partial charge in [-0.25, -0.2) is 0 Å². The van der Waals surface area contributed by atoms with E-state index in [2.05, 4.69) is 118 Å². The zero-order valence-electron chi connectivity index (χ0n) is 23.7. The average molecular weight is 757 g/mol. The van der Waals surface area contributed by atoms with Crippen LogP contribution in [0, 0.1) is 0 Å². The molecule has 11 heteroatoms. The third-order valence-corrected chi connectivity index (χ3v) is 122. The van der Waals surface area contributed by atoms with Crippen molar-refractivity contribution < 1.29 is 0 Å². The van der Waals surface area contributed by atoms with E-state index in [0.29, 0.717) is 0 Å². The molecule has 29 heavy (non-hydrogen) atoms. The summed E-state index contributed by atoms with van der Waals surface area (Å²) < 4.78 is 0. The Morgan fingerprint density at radius 3 is 0.345 bits per heavy atom. The molecular weight excluding hydrogens is 703 g/mol. The second-order valence-corrected chi connectivity index (χ2v) is 87.8. The summed E-state index contributed by atoms with van der Waals surface area (Å²) in [6.45, 7) is 47.0. The molecule has 12 radical (unpaired) electrons. The molecule has 0 fully saturated rings. The van der Waals surface area contributed by atoms with E-state index in [1.165, 1.54) is 0 Å². The van der Waals surface area contributed by atoms with Gasteiger partial charge in [-0.2, -0.15) is 0 Å². The van der Waals surface area contributed by atoms with Gasteiger partial charge in [-0.3, -0.25) is 0 Å². The molecule has 0 atom stereocenters. The Balaban J connectivity index is -0.000000120. The van der Waals surface area contributed by atoms with Crippen LogP contribution in [0.25, 0.3) is 0 Å². The van der Waals surface area contributed by atoms with Crippen molar-refractivity contribution in [3.63, 3.8) is 0 Å². The minimum Gasteiger partial charge on any atom is -0.0721 e. The standard InChI is InChI=1S/2C9H27Si4.Mg.2Sn/c2*1-11(2,3)10(12(4,5)6)13(7,8)9;;;/h2*1-9H3;;;. The molecule has 0 rings (SSSR count). The van der Waals surface area contributed by atoms with Crippen LogP contribution < -0.4 is 0 Å². The van der Waals surface area contributed by atoms with Gasteiger partial charge in [0, 0.05) is 131 Å². The van der Waals surface area contributed by atoms with Crippen LogP contribution >= 0.6 is 0 Å². The van der Waals surface area contributed by atoms with Gasteiger partial charge in [0.2, 0.25) is 0 Å². The molecule has 0 aromatic carbocycles. The van der Waals surface area contributed by atoms with Crippen LogP contribution in [-0.4, -0.2) is 131 Å². The molecule has 0 aromatic rings. The van der Waals surface area contributed by atoms with E-state index in [9.17, 15) is 0 Å². The van der Waals surface area contributed by atoms with E-state index in [0.717, 1.165) is 0 Å². The summed E-state index contributed by atoms with van der Waals surface area (Å²) in [7, 11) is -4.94. The first-order valence-corrected chi connectivity index (χ1v) is 40.5. The smallest absolute Gasteiger partial charge is 0.0306 e. The van der Waals surface area contributed by atoms with Gasteiger partial charge in [-0.05, 0) is 0 Å². The van der Waals surface area contributed by atoms with Crippen LogP contribution in [0.2, 0.25) is 118 Å². The van der Waals surface area contributed by atoms with Gasteiger partial charge in [0.05, 0.1) is 0 Å². The minimum atomic E-state index is -0.832. The maximum absolute atomic E-state index is 2.61. The number of hydrogen-bond acceptors (Lipinski definition) is 0. The molecule has 0 saturated carbocycles. The second-order valence-electron chi connectivity index (χ2n) is 14.2. The SMILES string of the molecule is C[Si](C)(C)[Si]([Si](C)(C)C)[Si](C)(C)C.C[Si](C)(C)[Si]([Si](C)(C)C)[Si](C)(C)C.[Mg].[Sn].[Sn]. The molecule has 0 heterocycles. The van der Waals surface area contributed by atoms with Gasteiger partial charge < -0.3 is 0 Å². The fraction of sp³-hybridized carbons (Fsp3) is 1.00. The van der Waals surface area contributed by atoms with E-state index in [1.807, 2.05) is 0 Å². The Morgan fingerprint density at radius 1 is 0.276 bits per heavy atom. The third kappa shape index (κ3) is 18.1. The van der Waals surface area contributed by atoms with Gasteiger partial charge in [0.1, 0.15) is 0 Å². The Morgan fingerprint density at radius 2 is 0.345 bits per heavy atom. The van der Waals surface area contributed by atoms with Gasteiger partial charge in [0.15, 0.2) is 0 Å². The average Bonchev–Trinajstić information content (AvgIpc) is 1.97. The van der Waals surface area contributed by atoms with E-state index in [1.54, 1.807) is 0 Å². The molecule has 0 amide bonds. The predicted octanol–water partition coefficient (Wildman–Crippen LogP) is 6.32. The van der Waals surface area contributed by atoms with Crippen LogP contribution in [0.4, 0.5) is 0 Å². The van der Waals surface area contributed by atoms with E-state index < -0.39 is 45.5 Å². The van der Waals surface area contributed by atoms with Gasteiger partial charge in [0.25, 0.3) is 0 Å². The van der Waals surface area contributed by atoms with Crippen LogP contribution in [-0.2, 0) is 0 Å². The van der Waals surface area contributed by atoms with E-state index in [4.69, 9.17) is 0 Å². The van der Waals surface area contributed by atoms with Crippen molar-refractivity contribution in [2.24, 2.45) is 0 Å². The molecule has 0 aromatic heterocycles. The van der Waals surface area contributed by atoms with Crippen LogP contribution in [0.15, 0.2) is 0 Å². The van der Waals surface area contributed by atoms with Crippen LogP contribution in [0.1, 0.15) is 0 Å². The van der Waals surface area contributed by atoms with Crippen molar-refractivity contribution in [2.75, 3.05) is 0 Å². The molecule has 0 spiro atoms. The maximum atomic E-state index is 2.61. The molecule has 0 aliphatic carbocycles. The Labute approximate surface area is 245 Å². The predicted molar refractivity (Wildman–Crippen MR) is 169 cm³/mol. The van der Waals surface area contributed by atoms with Crippen molar-refractivity contribution in [1.29, 1.82) is 0 Å². The minimum absolute atomic E-state index is 0. The maximum Gasteiger partial charge on any atom is 0.0306 e.